The fourth-order valence-electron chi connectivity index (χ4n) is 3.13. The van der Waals surface area contributed by atoms with Gasteiger partial charge in [0.1, 0.15) is 23.0 Å². The zero-order valence-electron chi connectivity index (χ0n) is 14.6. The Labute approximate surface area is 155 Å². The SMILES string of the molecule is O=C(Cc1ccccc1F)CN1CCN(C(=O)c2c(F)cccc2F)CC1. The number of benzene rings is 2. The minimum atomic E-state index is -0.887. The van der Waals surface area contributed by atoms with Crippen LogP contribution in [-0.2, 0) is 11.2 Å². The number of carbonyl (C=O) groups excluding carboxylic acids is 2. The zero-order chi connectivity index (χ0) is 19.4. The third-order valence-electron chi connectivity index (χ3n) is 4.58. The van der Waals surface area contributed by atoms with Gasteiger partial charge in [-0.3, -0.25) is 14.5 Å². The van der Waals surface area contributed by atoms with Crippen LogP contribution in [0.15, 0.2) is 42.5 Å². The van der Waals surface area contributed by atoms with Gasteiger partial charge < -0.3 is 4.90 Å². The topological polar surface area (TPSA) is 40.6 Å². The number of hydrogen-bond acceptors (Lipinski definition) is 3. The highest BCUT2D eigenvalue weighted by Crippen LogP contribution is 2.16. The van der Waals surface area contributed by atoms with E-state index in [-0.39, 0.29) is 31.8 Å². The molecule has 1 saturated heterocycles. The summed E-state index contributed by atoms with van der Waals surface area (Å²) in [6.07, 6.45) is 0.00621. The predicted molar refractivity (Wildman–Crippen MR) is 93.8 cm³/mol. The number of ketones is 1. The van der Waals surface area contributed by atoms with Gasteiger partial charge in [0.05, 0.1) is 6.54 Å². The summed E-state index contributed by atoms with van der Waals surface area (Å²) >= 11 is 0. The Morgan fingerprint density at radius 2 is 1.41 bits per heavy atom. The summed E-state index contributed by atoms with van der Waals surface area (Å²) in [5.41, 5.74) is -0.201. The molecule has 4 nitrogen and oxygen atoms in total. The molecule has 0 unspecified atom stereocenters. The second kappa shape index (κ2) is 8.35. The van der Waals surface area contributed by atoms with Crippen molar-refractivity contribution in [1.29, 1.82) is 0 Å². The predicted octanol–water partition coefficient (Wildman–Crippen LogP) is 2.67. The monoisotopic (exact) mass is 376 g/mol. The highest BCUT2D eigenvalue weighted by atomic mass is 19.1. The van der Waals surface area contributed by atoms with E-state index in [2.05, 4.69) is 0 Å². The number of nitrogens with zero attached hydrogens (tertiary/aromatic N) is 2. The van der Waals surface area contributed by atoms with Crippen LogP contribution in [0.2, 0.25) is 0 Å². The average molecular weight is 376 g/mol. The van der Waals surface area contributed by atoms with Crippen molar-refractivity contribution in [3.05, 3.63) is 71.0 Å². The maximum absolute atomic E-state index is 13.8. The van der Waals surface area contributed by atoms with E-state index in [0.717, 1.165) is 12.1 Å². The van der Waals surface area contributed by atoms with E-state index in [1.54, 1.807) is 18.2 Å². The number of Topliss-reactive ketones (excluding diaryl/α,β-unsaturated/α-hetero) is 1. The quantitative estimate of drug-likeness (QED) is 0.806. The molecule has 0 spiro atoms. The molecule has 1 heterocycles. The first-order chi connectivity index (χ1) is 13.0. The normalized spacial score (nSPS) is 15.0. The van der Waals surface area contributed by atoms with Gasteiger partial charge in [-0.15, -0.1) is 0 Å². The molecule has 0 aromatic heterocycles. The van der Waals surface area contributed by atoms with E-state index >= 15 is 0 Å². The van der Waals surface area contributed by atoms with Crippen LogP contribution in [0.3, 0.4) is 0 Å². The van der Waals surface area contributed by atoms with Crippen molar-refractivity contribution in [3.63, 3.8) is 0 Å². The van der Waals surface area contributed by atoms with Gasteiger partial charge in [0.15, 0.2) is 5.78 Å². The summed E-state index contributed by atoms with van der Waals surface area (Å²) in [6.45, 7) is 1.49. The van der Waals surface area contributed by atoms with Crippen LogP contribution in [-0.4, -0.2) is 54.2 Å². The molecule has 27 heavy (non-hydrogen) atoms. The molecule has 2 aromatic carbocycles. The van der Waals surface area contributed by atoms with Crippen LogP contribution in [0.1, 0.15) is 15.9 Å². The molecule has 1 aliphatic heterocycles. The molecule has 0 radical (unpaired) electrons. The van der Waals surface area contributed by atoms with Crippen LogP contribution in [0.4, 0.5) is 13.2 Å². The van der Waals surface area contributed by atoms with Crippen molar-refractivity contribution in [2.24, 2.45) is 0 Å². The molecule has 1 aliphatic rings. The van der Waals surface area contributed by atoms with Crippen LogP contribution in [0, 0.1) is 17.5 Å². The summed E-state index contributed by atoms with van der Waals surface area (Å²) in [7, 11) is 0. The van der Waals surface area contributed by atoms with Gasteiger partial charge >= 0.3 is 0 Å². The Morgan fingerprint density at radius 1 is 0.815 bits per heavy atom. The molecular weight excluding hydrogens is 357 g/mol. The van der Waals surface area contributed by atoms with Gasteiger partial charge in [0, 0.05) is 32.6 Å². The van der Waals surface area contributed by atoms with Crippen LogP contribution in [0.5, 0.6) is 0 Å². The van der Waals surface area contributed by atoms with Gasteiger partial charge in [0.2, 0.25) is 0 Å². The van der Waals surface area contributed by atoms with E-state index in [1.807, 2.05) is 4.90 Å². The number of halogens is 3. The van der Waals surface area contributed by atoms with Crippen LogP contribution < -0.4 is 0 Å². The maximum atomic E-state index is 13.8. The van der Waals surface area contributed by atoms with Crippen molar-refractivity contribution in [1.82, 2.24) is 9.80 Å². The first-order valence-corrected chi connectivity index (χ1v) is 8.66. The zero-order valence-corrected chi connectivity index (χ0v) is 14.6. The van der Waals surface area contributed by atoms with Crippen molar-refractivity contribution in [2.45, 2.75) is 6.42 Å². The van der Waals surface area contributed by atoms with Crippen LogP contribution >= 0.6 is 0 Å². The Hall–Kier alpha value is -2.67. The number of rotatable bonds is 5. The molecular formula is C20H19F3N2O2. The Balaban J connectivity index is 1.54. The Bertz CT molecular complexity index is 829. The Kier molecular flexibility index (Phi) is 5.91. The molecule has 0 atom stereocenters. The van der Waals surface area contributed by atoms with Crippen molar-refractivity contribution in [2.75, 3.05) is 32.7 Å². The summed E-state index contributed by atoms with van der Waals surface area (Å²) < 4.78 is 41.2. The van der Waals surface area contributed by atoms with Gasteiger partial charge in [-0.05, 0) is 23.8 Å². The summed E-state index contributed by atoms with van der Waals surface area (Å²) in [6, 6.07) is 9.44. The molecule has 0 bridgehead atoms. The third kappa shape index (κ3) is 4.54. The van der Waals surface area contributed by atoms with Crippen LogP contribution in [0.25, 0.3) is 0 Å². The number of amides is 1. The molecule has 3 rings (SSSR count). The standard InChI is InChI=1S/C20H19F3N2O2/c21-16-5-2-1-4-14(16)12-15(26)13-24-8-10-25(11-9-24)20(27)19-17(22)6-3-7-18(19)23/h1-7H,8-13H2. The van der Waals surface area contributed by atoms with Crippen molar-refractivity contribution >= 4 is 11.7 Å². The fraction of sp³-hybridized carbons (Fsp3) is 0.300. The number of carbonyl (C=O) groups is 2. The van der Waals surface area contributed by atoms with E-state index in [4.69, 9.17) is 0 Å². The lowest BCUT2D eigenvalue weighted by atomic mass is 10.1. The lowest BCUT2D eigenvalue weighted by molar-refractivity contribution is -0.119. The minimum Gasteiger partial charge on any atom is -0.336 e. The Morgan fingerprint density at radius 3 is 2.04 bits per heavy atom. The summed E-state index contributed by atoms with van der Waals surface area (Å²) in [5.74, 6) is -3.00. The molecule has 0 aliphatic carbocycles. The van der Waals surface area contributed by atoms with E-state index in [1.165, 1.54) is 17.0 Å². The molecule has 0 N–H and O–H groups in total. The smallest absolute Gasteiger partial charge is 0.259 e. The van der Waals surface area contributed by atoms with Crippen molar-refractivity contribution in [3.8, 4) is 0 Å². The fourth-order valence-corrected chi connectivity index (χ4v) is 3.13. The van der Waals surface area contributed by atoms with Gasteiger partial charge in [0.25, 0.3) is 5.91 Å². The second-order valence-corrected chi connectivity index (χ2v) is 6.47. The van der Waals surface area contributed by atoms with E-state index in [9.17, 15) is 22.8 Å². The van der Waals surface area contributed by atoms with E-state index in [0.29, 0.717) is 18.7 Å². The van der Waals surface area contributed by atoms with Gasteiger partial charge in [-0.2, -0.15) is 0 Å². The third-order valence-corrected chi connectivity index (χ3v) is 4.58. The average Bonchev–Trinajstić information content (AvgIpc) is 2.64. The summed E-state index contributed by atoms with van der Waals surface area (Å²) in [5, 5.41) is 0. The lowest BCUT2D eigenvalue weighted by Crippen LogP contribution is -2.50. The number of hydrogen-bond donors (Lipinski definition) is 0. The van der Waals surface area contributed by atoms with E-state index < -0.39 is 28.9 Å². The molecule has 1 amide bonds. The highest BCUT2D eigenvalue weighted by molar-refractivity contribution is 5.94. The minimum absolute atomic E-state index is 0.00621. The summed E-state index contributed by atoms with van der Waals surface area (Å²) in [4.78, 5) is 27.8. The van der Waals surface area contributed by atoms with Crippen molar-refractivity contribution < 1.29 is 22.8 Å². The highest BCUT2D eigenvalue weighted by Gasteiger charge is 2.27. The second-order valence-electron chi connectivity index (χ2n) is 6.47. The maximum Gasteiger partial charge on any atom is 0.259 e. The molecule has 7 heteroatoms. The first kappa shape index (κ1) is 19.1. The number of piperazine rings is 1. The molecule has 1 fully saturated rings. The van der Waals surface area contributed by atoms with Gasteiger partial charge in [-0.1, -0.05) is 24.3 Å². The molecule has 2 aromatic rings. The largest absolute Gasteiger partial charge is 0.336 e. The molecule has 0 saturated carbocycles. The first-order valence-electron chi connectivity index (χ1n) is 8.66. The van der Waals surface area contributed by atoms with Gasteiger partial charge in [-0.25, -0.2) is 13.2 Å². The lowest BCUT2D eigenvalue weighted by Gasteiger charge is -2.34. The molecule has 142 valence electrons.